The molecule has 0 aliphatic heterocycles. The summed E-state index contributed by atoms with van der Waals surface area (Å²) in [6.07, 6.45) is 0. The van der Waals surface area contributed by atoms with E-state index in [4.69, 9.17) is 0 Å². The lowest BCUT2D eigenvalue weighted by Crippen LogP contribution is -2.26. The molecule has 1 aromatic rings. The Morgan fingerprint density at radius 2 is 1.71 bits per heavy atom. The second-order valence-corrected chi connectivity index (χ2v) is 4.62. The van der Waals surface area contributed by atoms with Crippen molar-refractivity contribution in [3.05, 3.63) is 33.9 Å². The average molecular weight is 235 g/mol. The topological polar surface area (TPSA) is 49.3 Å². The third kappa shape index (κ3) is 2.67. The van der Waals surface area contributed by atoms with Crippen molar-refractivity contribution in [2.75, 3.05) is 13.6 Å². The summed E-state index contributed by atoms with van der Waals surface area (Å²) < 4.78 is 0. The molecule has 3 nitrogen and oxygen atoms in total. The van der Waals surface area contributed by atoms with Crippen LogP contribution in [0.1, 0.15) is 33.7 Å². The van der Waals surface area contributed by atoms with Crippen LogP contribution < -0.4 is 5.32 Å². The van der Waals surface area contributed by atoms with Crippen molar-refractivity contribution in [3.63, 3.8) is 0 Å². The van der Waals surface area contributed by atoms with Gasteiger partial charge in [-0.3, -0.25) is 4.79 Å². The Labute approximate surface area is 103 Å². The van der Waals surface area contributed by atoms with Crippen LogP contribution >= 0.6 is 0 Å². The Hall–Kier alpha value is -1.35. The summed E-state index contributed by atoms with van der Waals surface area (Å²) in [5.41, 5.74) is 5.46. The maximum absolute atomic E-state index is 11.4. The molecule has 0 fully saturated rings. The largest absolute Gasteiger partial charge is 0.481 e. The maximum Gasteiger partial charge on any atom is 0.312 e. The number of carboxylic acid groups (broad SMARTS) is 1. The van der Waals surface area contributed by atoms with E-state index < -0.39 is 11.9 Å². The predicted molar refractivity (Wildman–Crippen MR) is 69.7 cm³/mol. The number of carbonyl (C=O) groups is 1. The average Bonchev–Trinajstić information content (AvgIpc) is 2.25. The Kier molecular flexibility index (Phi) is 4.29. The molecule has 2 N–H and O–H groups in total. The minimum absolute atomic E-state index is 0.458. The van der Waals surface area contributed by atoms with Gasteiger partial charge in [-0.05, 0) is 62.6 Å². The number of nitrogens with one attached hydrogen (secondary N) is 1. The van der Waals surface area contributed by atoms with Gasteiger partial charge in [-0.1, -0.05) is 6.07 Å². The second kappa shape index (κ2) is 5.32. The lowest BCUT2D eigenvalue weighted by atomic mass is 9.86. The molecule has 94 valence electrons. The zero-order chi connectivity index (χ0) is 13.2. The summed E-state index contributed by atoms with van der Waals surface area (Å²) in [7, 11) is 1.78. The zero-order valence-electron chi connectivity index (χ0n) is 11.2. The number of hydrogen-bond donors (Lipinski definition) is 2. The molecule has 1 aromatic carbocycles. The minimum Gasteiger partial charge on any atom is -0.481 e. The van der Waals surface area contributed by atoms with Crippen LogP contribution in [0.3, 0.4) is 0 Å². The normalized spacial score (nSPS) is 12.5. The second-order valence-electron chi connectivity index (χ2n) is 4.62. The summed E-state index contributed by atoms with van der Waals surface area (Å²) in [6.45, 7) is 8.53. The van der Waals surface area contributed by atoms with E-state index >= 15 is 0 Å². The molecular weight excluding hydrogens is 214 g/mol. The smallest absolute Gasteiger partial charge is 0.312 e. The number of likely N-dealkylation sites (N-methyl/N-ethyl adjacent to an activating group) is 1. The molecule has 0 heterocycles. The van der Waals surface area contributed by atoms with Gasteiger partial charge in [0, 0.05) is 6.54 Å². The first-order valence-corrected chi connectivity index (χ1v) is 5.84. The van der Waals surface area contributed by atoms with Crippen molar-refractivity contribution in [1.82, 2.24) is 5.32 Å². The van der Waals surface area contributed by atoms with Crippen LogP contribution in [0.2, 0.25) is 0 Å². The molecule has 0 amide bonds. The fourth-order valence-corrected chi connectivity index (χ4v) is 2.29. The third-order valence-corrected chi connectivity index (χ3v) is 3.48. The van der Waals surface area contributed by atoms with Gasteiger partial charge >= 0.3 is 5.97 Å². The van der Waals surface area contributed by atoms with Gasteiger partial charge < -0.3 is 10.4 Å². The Morgan fingerprint density at radius 3 is 2.06 bits per heavy atom. The summed E-state index contributed by atoms with van der Waals surface area (Å²) in [6, 6.07) is 2.12. The highest BCUT2D eigenvalue weighted by Gasteiger charge is 2.24. The molecule has 0 spiro atoms. The fraction of sp³-hybridized carbons (Fsp3) is 0.500. The highest BCUT2D eigenvalue weighted by Crippen LogP contribution is 2.28. The van der Waals surface area contributed by atoms with Crippen molar-refractivity contribution in [1.29, 1.82) is 0 Å². The van der Waals surface area contributed by atoms with Gasteiger partial charge in [-0.15, -0.1) is 0 Å². The van der Waals surface area contributed by atoms with Crippen LogP contribution in [0.25, 0.3) is 0 Å². The van der Waals surface area contributed by atoms with E-state index in [-0.39, 0.29) is 0 Å². The summed E-state index contributed by atoms with van der Waals surface area (Å²) >= 11 is 0. The van der Waals surface area contributed by atoms with Crippen LogP contribution in [0.15, 0.2) is 6.07 Å². The quantitative estimate of drug-likeness (QED) is 0.842. The first kappa shape index (κ1) is 13.7. The van der Waals surface area contributed by atoms with Gasteiger partial charge in [0.2, 0.25) is 0 Å². The monoisotopic (exact) mass is 235 g/mol. The number of aryl methyl sites for hydroxylation is 2. The van der Waals surface area contributed by atoms with Crippen LogP contribution in [-0.2, 0) is 4.79 Å². The standard InChI is InChI=1S/C14H21NO2/c1-8-6-9(2)11(4)13(10(8)3)12(7-15-5)14(16)17/h6,12,15H,7H2,1-5H3,(H,16,17). The SMILES string of the molecule is CNCC(C(=O)O)c1c(C)c(C)cc(C)c1C. The minimum atomic E-state index is -0.768. The van der Waals surface area contributed by atoms with Crippen molar-refractivity contribution in [2.24, 2.45) is 0 Å². The number of rotatable bonds is 4. The zero-order valence-corrected chi connectivity index (χ0v) is 11.2. The molecule has 1 atom stereocenters. The molecule has 0 aliphatic rings. The van der Waals surface area contributed by atoms with E-state index in [0.717, 1.165) is 27.8 Å². The van der Waals surface area contributed by atoms with E-state index in [1.54, 1.807) is 7.05 Å². The third-order valence-electron chi connectivity index (χ3n) is 3.48. The van der Waals surface area contributed by atoms with Crippen molar-refractivity contribution >= 4 is 5.97 Å². The van der Waals surface area contributed by atoms with Crippen LogP contribution in [0.4, 0.5) is 0 Å². The molecular formula is C14H21NO2. The Bertz CT molecular complexity index is 412. The first-order chi connectivity index (χ1) is 7.90. The highest BCUT2D eigenvalue weighted by molar-refractivity contribution is 5.78. The molecule has 1 unspecified atom stereocenters. The predicted octanol–water partition coefficient (Wildman–Crippen LogP) is 2.31. The van der Waals surface area contributed by atoms with E-state index in [9.17, 15) is 9.90 Å². The number of benzene rings is 1. The molecule has 3 heteroatoms. The number of carboxylic acids is 1. The highest BCUT2D eigenvalue weighted by atomic mass is 16.4. The van der Waals surface area contributed by atoms with Crippen molar-refractivity contribution < 1.29 is 9.90 Å². The Balaban J connectivity index is 3.41. The molecule has 0 saturated carbocycles. The van der Waals surface area contributed by atoms with Gasteiger partial charge in [-0.2, -0.15) is 0 Å². The maximum atomic E-state index is 11.4. The molecule has 0 aliphatic carbocycles. The van der Waals surface area contributed by atoms with Gasteiger partial charge in [0.1, 0.15) is 0 Å². The van der Waals surface area contributed by atoms with Crippen LogP contribution in [0, 0.1) is 27.7 Å². The van der Waals surface area contributed by atoms with E-state index in [1.807, 2.05) is 27.7 Å². The molecule has 17 heavy (non-hydrogen) atoms. The van der Waals surface area contributed by atoms with Crippen molar-refractivity contribution in [2.45, 2.75) is 33.6 Å². The van der Waals surface area contributed by atoms with Gasteiger partial charge in [0.25, 0.3) is 0 Å². The lowest BCUT2D eigenvalue weighted by Gasteiger charge is -2.21. The van der Waals surface area contributed by atoms with E-state index in [1.165, 1.54) is 0 Å². The van der Waals surface area contributed by atoms with Gasteiger partial charge in [0.05, 0.1) is 5.92 Å². The Morgan fingerprint density at radius 1 is 1.24 bits per heavy atom. The number of hydrogen-bond acceptors (Lipinski definition) is 2. The summed E-state index contributed by atoms with van der Waals surface area (Å²) in [4.78, 5) is 11.4. The lowest BCUT2D eigenvalue weighted by molar-refractivity contribution is -0.138. The van der Waals surface area contributed by atoms with Gasteiger partial charge in [-0.25, -0.2) is 0 Å². The summed E-state index contributed by atoms with van der Waals surface area (Å²) in [5.74, 6) is -1.24. The van der Waals surface area contributed by atoms with Crippen LogP contribution in [-0.4, -0.2) is 24.7 Å². The van der Waals surface area contributed by atoms with E-state index in [2.05, 4.69) is 11.4 Å². The van der Waals surface area contributed by atoms with Crippen LogP contribution in [0.5, 0.6) is 0 Å². The molecule has 1 rings (SSSR count). The fourth-order valence-electron chi connectivity index (χ4n) is 2.29. The molecule has 0 radical (unpaired) electrons. The molecule has 0 bridgehead atoms. The summed E-state index contributed by atoms with van der Waals surface area (Å²) in [5, 5.41) is 12.3. The van der Waals surface area contributed by atoms with Crippen molar-refractivity contribution in [3.8, 4) is 0 Å². The van der Waals surface area contributed by atoms with E-state index in [0.29, 0.717) is 6.54 Å². The van der Waals surface area contributed by atoms with Gasteiger partial charge in [0.15, 0.2) is 0 Å². The first-order valence-electron chi connectivity index (χ1n) is 5.84. The number of aliphatic carboxylic acids is 1. The molecule has 0 aromatic heterocycles. The molecule has 0 saturated heterocycles.